The summed E-state index contributed by atoms with van der Waals surface area (Å²) in [5, 5.41) is 21.6. The lowest BCUT2D eigenvalue weighted by molar-refractivity contribution is 0.267. The second-order valence-corrected chi connectivity index (χ2v) is 4.55. The Morgan fingerprint density at radius 2 is 2.00 bits per heavy atom. The zero-order valence-corrected chi connectivity index (χ0v) is 11.8. The maximum absolute atomic E-state index is 13.2. The van der Waals surface area contributed by atoms with Crippen molar-refractivity contribution in [3.63, 3.8) is 0 Å². The molecule has 0 heterocycles. The molecule has 0 aliphatic rings. The Balaban J connectivity index is 2.07. The van der Waals surface area contributed by atoms with E-state index in [-0.39, 0.29) is 12.4 Å². The van der Waals surface area contributed by atoms with Crippen molar-refractivity contribution in [1.82, 2.24) is 0 Å². The minimum atomic E-state index is -0.642. The van der Waals surface area contributed by atoms with Crippen LogP contribution in [0.4, 0.5) is 10.1 Å². The van der Waals surface area contributed by atoms with Crippen LogP contribution in [0.5, 0.6) is 11.5 Å². The SMILES string of the molecule is CCOc1ccc(NCc2ccc(O)c(F)c2)cc1CO. The highest BCUT2D eigenvalue weighted by atomic mass is 19.1. The van der Waals surface area contributed by atoms with Gasteiger partial charge in [0.25, 0.3) is 0 Å². The summed E-state index contributed by atoms with van der Waals surface area (Å²) in [7, 11) is 0. The molecule has 0 unspecified atom stereocenters. The Bertz CT molecular complexity index is 616. The van der Waals surface area contributed by atoms with E-state index < -0.39 is 5.82 Å². The summed E-state index contributed by atoms with van der Waals surface area (Å²) in [5.74, 6) is -0.347. The molecule has 21 heavy (non-hydrogen) atoms. The number of anilines is 1. The third-order valence-corrected chi connectivity index (χ3v) is 3.04. The lowest BCUT2D eigenvalue weighted by atomic mass is 10.1. The molecule has 112 valence electrons. The van der Waals surface area contributed by atoms with Crippen molar-refractivity contribution in [2.75, 3.05) is 11.9 Å². The van der Waals surface area contributed by atoms with Crippen LogP contribution in [0.25, 0.3) is 0 Å². The highest BCUT2D eigenvalue weighted by Gasteiger charge is 2.05. The van der Waals surface area contributed by atoms with Crippen LogP contribution in [-0.2, 0) is 13.2 Å². The molecule has 2 aromatic carbocycles. The van der Waals surface area contributed by atoms with Gasteiger partial charge in [-0.05, 0) is 42.8 Å². The molecular weight excluding hydrogens is 273 g/mol. The van der Waals surface area contributed by atoms with Gasteiger partial charge < -0.3 is 20.3 Å². The van der Waals surface area contributed by atoms with Crippen molar-refractivity contribution >= 4 is 5.69 Å². The molecule has 0 bridgehead atoms. The third kappa shape index (κ3) is 3.86. The summed E-state index contributed by atoms with van der Waals surface area (Å²) < 4.78 is 18.6. The first-order chi connectivity index (χ1) is 10.1. The number of phenolic OH excluding ortho intramolecular Hbond substituents is 1. The van der Waals surface area contributed by atoms with Gasteiger partial charge in [0.05, 0.1) is 13.2 Å². The van der Waals surface area contributed by atoms with Crippen LogP contribution in [0, 0.1) is 5.82 Å². The molecule has 0 aromatic heterocycles. The summed E-state index contributed by atoms with van der Waals surface area (Å²) >= 11 is 0. The lowest BCUT2D eigenvalue weighted by Crippen LogP contribution is -2.02. The second kappa shape index (κ2) is 6.95. The second-order valence-electron chi connectivity index (χ2n) is 4.55. The van der Waals surface area contributed by atoms with Gasteiger partial charge in [-0.3, -0.25) is 0 Å². The normalized spacial score (nSPS) is 10.4. The van der Waals surface area contributed by atoms with Crippen molar-refractivity contribution in [3.8, 4) is 11.5 Å². The Labute approximate surface area is 122 Å². The number of halogens is 1. The molecule has 0 radical (unpaired) electrons. The molecule has 0 aliphatic carbocycles. The summed E-state index contributed by atoms with van der Waals surface area (Å²) in [4.78, 5) is 0. The maximum Gasteiger partial charge on any atom is 0.165 e. The standard InChI is InChI=1S/C16H18FNO3/c1-2-21-16-6-4-13(8-12(16)10-19)18-9-11-3-5-15(20)14(17)7-11/h3-8,18-20H,2,9-10H2,1H3. The van der Waals surface area contributed by atoms with Crippen molar-refractivity contribution in [3.05, 3.63) is 53.3 Å². The van der Waals surface area contributed by atoms with E-state index in [1.54, 1.807) is 18.2 Å². The maximum atomic E-state index is 13.2. The van der Waals surface area contributed by atoms with Crippen LogP contribution in [0.2, 0.25) is 0 Å². The van der Waals surface area contributed by atoms with Crippen LogP contribution in [0.3, 0.4) is 0 Å². The molecule has 2 rings (SSSR count). The zero-order chi connectivity index (χ0) is 15.2. The monoisotopic (exact) mass is 291 g/mol. The molecule has 5 heteroatoms. The van der Waals surface area contributed by atoms with Gasteiger partial charge in [0.2, 0.25) is 0 Å². The zero-order valence-electron chi connectivity index (χ0n) is 11.8. The molecular formula is C16H18FNO3. The first-order valence-electron chi connectivity index (χ1n) is 6.72. The third-order valence-electron chi connectivity index (χ3n) is 3.04. The molecule has 0 atom stereocenters. The number of benzene rings is 2. The summed E-state index contributed by atoms with van der Waals surface area (Å²) in [6, 6.07) is 9.66. The number of aliphatic hydroxyl groups excluding tert-OH is 1. The lowest BCUT2D eigenvalue weighted by Gasteiger charge is -2.12. The average molecular weight is 291 g/mol. The first-order valence-corrected chi connectivity index (χ1v) is 6.72. The van der Waals surface area contributed by atoms with Gasteiger partial charge in [0.1, 0.15) is 5.75 Å². The van der Waals surface area contributed by atoms with Gasteiger partial charge in [-0.1, -0.05) is 6.07 Å². The van der Waals surface area contributed by atoms with Crippen LogP contribution < -0.4 is 10.1 Å². The number of hydrogen-bond donors (Lipinski definition) is 3. The van der Waals surface area contributed by atoms with E-state index in [4.69, 9.17) is 9.84 Å². The van der Waals surface area contributed by atoms with Crippen molar-refractivity contribution in [2.24, 2.45) is 0 Å². The minimum absolute atomic E-state index is 0.112. The van der Waals surface area contributed by atoms with E-state index in [0.29, 0.717) is 30.0 Å². The predicted octanol–water partition coefficient (Wildman–Crippen LogP) is 3.03. The molecule has 3 N–H and O–H groups in total. The van der Waals surface area contributed by atoms with Gasteiger partial charge in [0.15, 0.2) is 11.6 Å². The Morgan fingerprint density at radius 3 is 2.67 bits per heavy atom. The van der Waals surface area contributed by atoms with E-state index in [2.05, 4.69) is 5.32 Å². The molecule has 0 saturated carbocycles. The van der Waals surface area contributed by atoms with Crippen LogP contribution in [0.1, 0.15) is 18.1 Å². The smallest absolute Gasteiger partial charge is 0.165 e. The largest absolute Gasteiger partial charge is 0.505 e. The number of aromatic hydroxyl groups is 1. The fourth-order valence-electron chi connectivity index (χ4n) is 1.97. The van der Waals surface area contributed by atoms with Gasteiger partial charge in [-0.25, -0.2) is 4.39 Å². The number of hydrogen-bond acceptors (Lipinski definition) is 4. The molecule has 2 aromatic rings. The van der Waals surface area contributed by atoms with Gasteiger partial charge in [-0.15, -0.1) is 0 Å². The molecule has 0 saturated heterocycles. The predicted molar refractivity (Wildman–Crippen MR) is 78.9 cm³/mol. The topological polar surface area (TPSA) is 61.7 Å². The van der Waals surface area contributed by atoms with Crippen LogP contribution in [-0.4, -0.2) is 16.8 Å². The molecule has 0 spiro atoms. The number of phenols is 1. The Hall–Kier alpha value is -2.27. The molecule has 0 aliphatic heterocycles. The summed E-state index contributed by atoms with van der Waals surface area (Å²) in [6.45, 7) is 2.72. The molecule has 0 amide bonds. The Morgan fingerprint density at radius 1 is 1.19 bits per heavy atom. The number of ether oxygens (including phenoxy) is 1. The Kier molecular flexibility index (Phi) is 5.00. The quantitative estimate of drug-likeness (QED) is 0.765. The average Bonchev–Trinajstić information content (AvgIpc) is 2.49. The van der Waals surface area contributed by atoms with E-state index >= 15 is 0 Å². The minimum Gasteiger partial charge on any atom is -0.505 e. The van der Waals surface area contributed by atoms with Gasteiger partial charge in [0, 0.05) is 17.8 Å². The van der Waals surface area contributed by atoms with Crippen LogP contribution >= 0.6 is 0 Å². The fourth-order valence-corrected chi connectivity index (χ4v) is 1.97. The highest BCUT2D eigenvalue weighted by Crippen LogP contribution is 2.24. The van der Waals surface area contributed by atoms with Gasteiger partial charge >= 0.3 is 0 Å². The molecule has 0 fully saturated rings. The van der Waals surface area contributed by atoms with Crippen molar-refractivity contribution in [2.45, 2.75) is 20.1 Å². The number of aliphatic hydroxyl groups is 1. The van der Waals surface area contributed by atoms with E-state index in [1.807, 2.05) is 13.0 Å². The molecule has 4 nitrogen and oxygen atoms in total. The fraction of sp³-hybridized carbons (Fsp3) is 0.250. The van der Waals surface area contributed by atoms with E-state index in [1.165, 1.54) is 12.1 Å². The number of nitrogens with one attached hydrogen (secondary N) is 1. The van der Waals surface area contributed by atoms with Crippen LogP contribution in [0.15, 0.2) is 36.4 Å². The number of rotatable bonds is 6. The highest BCUT2D eigenvalue weighted by molar-refractivity contribution is 5.51. The van der Waals surface area contributed by atoms with Crippen molar-refractivity contribution < 1.29 is 19.3 Å². The summed E-state index contributed by atoms with van der Waals surface area (Å²) in [5.41, 5.74) is 2.21. The van der Waals surface area contributed by atoms with E-state index in [9.17, 15) is 9.50 Å². The van der Waals surface area contributed by atoms with Gasteiger partial charge in [-0.2, -0.15) is 0 Å². The van der Waals surface area contributed by atoms with E-state index in [0.717, 1.165) is 5.69 Å². The van der Waals surface area contributed by atoms with Crippen molar-refractivity contribution in [1.29, 1.82) is 0 Å². The summed E-state index contributed by atoms with van der Waals surface area (Å²) in [6.07, 6.45) is 0. The first kappa shape index (κ1) is 15.1.